The fourth-order valence-corrected chi connectivity index (χ4v) is 1.74. The molecule has 0 saturated carbocycles. The Morgan fingerprint density at radius 2 is 2.12 bits per heavy atom. The van der Waals surface area contributed by atoms with Crippen LogP contribution in [-0.2, 0) is 0 Å². The van der Waals surface area contributed by atoms with Crippen LogP contribution in [0.2, 0.25) is 0 Å². The van der Waals surface area contributed by atoms with Crippen molar-refractivity contribution in [2.75, 3.05) is 0 Å². The Labute approximate surface area is 60.0 Å². The van der Waals surface area contributed by atoms with Gasteiger partial charge in [0.2, 0.25) is 0 Å². The predicted octanol–water partition coefficient (Wildman–Crippen LogP) is 2.36. The molecule has 0 nitrogen and oxygen atoms in total. The molecule has 4 heteroatoms. The number of rotatable bonds is 3. The van der Waals surface area contributed by atoms with Crippen LogP contribution in [0.5, 0.6) is 0 Å². The topological polar surface area (TPSA) is 0 Å². The largest absolute Gasteiger partial charge is 0.270 e. The third-order valence-corrected chi connectivity index (χ3v) is 3.36. The predicted molar refractivity (Wildman–Crippen MR) is 38.7 cm³/mol. The van der Waals surface area contributed by atoms with Crippen molar-refractivity contribution in [1.82, 2.24) is 0 Å². The summed E-state index contributed by atoms with van der Waals surface area (Å²) in [5, 5.41) is 0. The molecular weight excluding hydrogens is 166 g/mol. The summed E-state index contributed by atoms with van der Waals surface area (Å²) in [7, 11) is -2.00. The molecule has 1 unspecified atom stereocenters. The SMILES string of the molecule is CCCC(F)[SiH](Cl)Cl. The minimum atomic E-state index is -2.00. The fraction of sp³-hybridized carbons (Fsp3) is 1.00. The molecule has 0 aliphatic rings. The van der Waals surface area contributed by atoms with Crippen molar-refractivity contribution in [3.8, 4) is 0 Å². The van der Waals surface area contributed by atoms with Gasteiger partial charge in [0.05, 0.1) is 0 Å². The van der Waals surface area contributed by atoms with E-state index in [2.05, 4.69) is 0 Å². The smallest absolute Gasteiger partial charge is 0.249 e. The molecule has 0 aromatic rings. The lowest BCUT2D eigenvalue weighted by Gasteiger charge is -2.02. The van der Waals surface area contributed by atoms with Crippen molar-refractivity contribution in [3.05, 3.63) is 0 Å². The molecule has 0 aromatic heterocycles. The van der Waals surface area contributed by atoms with Gasteiger partial charge in [-0.1, -0.05) is 13.3 Å². The van der Waals surface area contributed by atoms with Crippen LogP contribution in [0.15, 0.2) is 0 Å². The molecule has 0 radical (unpaired) electrons. The van der Waals surface area contributed by atoms with E-state index in [0.29, 0.717) is 6.42 Å². The molecule has 0 aliphatic heterocycles. The van der Waals surface area contributed by atoms with E-state index in [1.54, 1.807) is 0 Å². The Kier molecular flexibility index (Phi) is 5.01. The van der Waals surface area contributed by atoms with E-state index in [1.807, 2.05) is 6.92 Å². The summed E-state index contributed by atoms with van der Waals surface area (Å²) < 4.78 is 12.3. The number of hydrogen-bond donors (Lipinski definition) is 0. The Bertz CT molecular complexity index is 60.0. The highest BCUT2D eigenvalue weighted by Crippen LogP contribution is 2.11. The molecular formula is C4H9Cl2FSi. The van der Waals surface area contributed by atoms with Crippen LogP contribution in [0.25, 0.3) is 0 Å². The molecule has 50 valence electrons. The van der Waals surface area contributed by atoms with Gasteiger partial charge in [0, 0.05) is 0 Å². The second-order valence-corrected chi connectivity index (χ2v) is 6.52. The van der Waals surface area contributed by atoms with Crippen molar-refractivity contribution in [1.29, 1.82) is 0 Å². The van der Waals surface area contributed by atoms with E-state index >= 15 is 0 Å². The normalized spacial score (nSPS) is 14.6. The first-order valence-corrected chi connectivity index (χ1v) is 6.76. The molecule has 0 rings (SSSR count). The van der Waals surface area contributed by atoms with Crippen LogP contribution < -0.4 is 0 Å². The van der Waals surface area contributed by atoms with Gasteiger partial charge in [-0.2, -0.15) is 0 Å². The standard InChI is InChI=1S/C4H9Cl2FSi/c1-2-3-4(7)8(5)6/h4,8H,2-3H2,1H3. The summed E-state index contributed by atoms with van der Waals surface area (Å²) in [6.07, 6.45) is 1.34. The summed E-state index contributed by atoms with van der Waals surface area (Å²) in [4.78, 5) is 0. The number of hydrogen-bond acceptors (Lipinski definition) is 0. The van der Waals surface area contributed by atoms with E-state index in [4.69, 9.17) is 22.2 Å². The average Bonchev–Trinajstić information content (AvgIpc) is 1.67. The molecule has 0 aliphatic carbocycles. The zero-order valence-electron chi connectivity index (χ0n) is 4.70. The second-order valence-electron chi connectivity index (χ2n) is 1.64. The van der Waals surface area contributed by atoms with Gasteiger partial charge in [-0.25, -0.2) is 4.39 Å². The van der Waals surface area contributed by atoms with Crippen molar-refractivity contribution in [3.63, 3.8) is 0 Å². The number of alkyl halides is 1. The number of halogens is 3. The maximum Gasteiger partial charge on any atom is 0.270 e. The Morgan fingerprint density at radius 1 is 1.62 bits per heavy atom. The van der Waals surface area contributed by atoms with Crippen LogP contribution in [0.3, 0.4) is 0 Å². The molecule has 0 saturated heterocycles. The van der Waals surface area contributed by atoms with Gasteiger partial charge in [0.1, 0.15) is 5.79 Å². The maximum atomic E-state index is 12.3. The molecule has 1 atom stereocenters. The van der Waals surface area contributed by atoms with Crippen molar-refractivity contribution < 1.29 is 4.39 Å². The first kappa shape index (κ1) is 8.73. The highest BCUT2D eigenvalue weighted by atomic mass is 35.7. The lowest BCUT2D eigenvalue weighted by Crippen LogP contribution is -2.13. The van der Waals surface area contributed by atoms with Gasteiger partial charge < -0.3 is 0 Å². The van der Waals surface area contributed by atoms with Crippen molar-refractivity contribution in [2.24, 2.45) is 0 Å². The summed E-state index contributed by atoms with van der Waals surface area (Å²) in [6, 6.07) is 0. The summed E-state index contributed by atoms with van der Waals surface area (Å²) in [6.45, 7) is 1.91. The highest BCUT2D eigenvalue weighted by Gasteiger charge is 2.15. The minimum Gasteiger partial charge on any atom is -0.249 e. The first-order chi connectivity index (χ1) is 3.68. The van der Waals surface area contributed by atoms with Crippen LogP contribution in [0.4, 0.5) is 4.39 Å². The van der Waals surface area contributed by atoms with Gasteiger partial charge in [0.25, 0.3) is 7.42 Å². The van der Waals surface area contributed by atoms with Crippen LogP contribution in [-0.4, -0.2) is 13.2 Å². The van der Waals surface area contributed by atoms with Gasteiger partial charge in [-0.05, 0) is 6.42 Å². The molecule has 0 bridgehead atoms. The van der Waals surface area contributed by atoms with E-state index in [-0.39, 0.29) is 0 Å². The average molecular weight is 175 g/mol. The van der Waals surface area contributed by atoms with Crippen LogP contribution in [0.1, 0.15) is 19.8 Å². The minimum absolute atomic E-state index is 0.518. The third-order valence-electron chi connectivity index (χ3n) is 0.838. The van der Waals surface area contributed by atoms with Crippen molar-refractivity contribution in [2.45, 2.75) is 25.6 Å². The first-order valence-electron chi connectivity index (χ1n) is 2.60. The van der Waals surface area contributed by atoms with Gasteiger partial charge in [0.15, 0.2) is 0 Å². The zero-order valence-corrected chi connectivity index (χ0v) is 7.37. The van der Waals surface area contributed by atoms with Crippen LogP contribution >= 0.6 is 22.2 Å². The van der Waals surface area contributed by atoms with Gasteiger partial charge >= 0.3 is 0 Å². The van der Waals surface area contributed by atoms with E-state index in [0.717, 1.165) is 6.42 Å². The molecule has 8 heavy (non-hydrogen) atoms. The Morgan fingerprint density at radius 3 is 2.25 bits per heavy atom. The van der Waals surface area contributed by atoms with Crippen molar-refractivity contribution >= 4 is 29.6 Å². The quantitative estimate of drug-likeness (QED) is 0.456. The Balaban J connectivity index is 3.17. The molecule has 0 N–H and O–H groups in total. The molecule has 0 heterocycles. The summed E-state index contributed by atoms with van der Waals surface area (Å²) in [5.74, 6) is -0.914. The molecule has 0 fully saturated rings. The summed E-state index contributed by atoms with van der Waals surface area (Å²) >= 11 is 10.7. The molecule has 0 aromatic carbocycles. The van der Waals surface area contributed by atoms with Gasteiger partial charge in [-0.15, -0.1) is 22.2 Å². The van der Waals surface area contributed by atoms with Crippen LogP contribution in [0, 0.1) is 0 Å². The van der Waals surface area contributed by atoms with Gasteiger partial charge in [-0.3, -0.25) is 0 Å². The van der Waals surface area contributed by atoms with E-state index < -0.39 is 13.2 Å². The third kappa shape index (κ3) is 3.70. The maximum absolute atomic E-state index is 12.3. The Hall–Kier alpha value is 0.727. The molecule has 0 amide bonds. The monoisotopic (exact) mass is 174 g/mol. The van der Waals surface area contributed by atoms with E-state index in [9.17, 15) is 4.39 Å². The lowest BCUT2D eigenvalue weighted by molar-refractivity contribution is 0.413. The molecule has 0 spiro atoms. The zero-order chi connectivity index (χ0) is 6.57. The summed E-state index contributed by atoms with van der Waals surface area (Å²) in [5.41, 5.74) is 0. The highest BCUT2D eigenvalue weighted by molar-refractivity contribution is 7.34. The second kappa shape index (κ2) is 4.59. The fourth-order valence-electron chi connectivity index (χ4n) is 0.402. The lowest BCUT2D eigenvalue weighted by atomic mass is 10.4. The van der Waals surface area contributed by atoms with E-state index in [1.165, 1.54) is 0 Å².